The molecular formula is C36H42FN3O4. The van der Waals surface area contributed by atoms with E-state index < -0.39 is 30.2 Å². The van der Waals surface area contributed by atoms with Crippen molar-refractivity contribution in [3.63, 3.8) is 0 Å². The third kappa shape index (κ3) is 8.23. The number of methoxy groups -OCH3 is 1. The molecule has 0 aromatic heterocycles. The van der Waals surface area contributed by atoms with Crippen molar-refractivity contribution < 1.29 is 24.1 Å². The van der Waals surface area contributed by atoms with Crippen molar-refractivity contribution in [3.8, 4) is 5.75 Å². The first-order valence-corrected chi connectivity index (χ1v) is 14.8. The standard InChI is InChI=1S/C36H42FN3O4/c1-24(35(42)28-7-5-4-6-8-28)40(2)36(43)32(21-22-33(41)26-11-15-29(37)16-12-26)34(27-13-19-31(44-3)20-14-27)39-30-17-9-25(23-38)10-18-30/h4-20,24,32-35,39,41-42H,21-23,38H2,1-3H3/t24-,32?,33-,34+,35+/m0/s1. The fourth-order valence-corrected chi connectivity index (χ4v) is 5.37. The maximum absolute atomic E-state index is 14.4. The Kier molecular flexibility index (Phi) is 11.5. The van der Waals surface area contributed by atoms with Crippen molar-refractivity contribution in [1.82, 2.24) is 4.90 Å². The van der Waals surface area contributed by atoms with Crippen molar-refractivity contribution in [3.05, 3.63) is 131 Å². The quantitative estimate of drug-likeness (QED) is 0.138. The van der Waals surface area contributed by atoms with E-state index in [1.807, 2.05) is 85.8 Å². The highest BCUT2D eigenvalue weighted by Crippen LogP contribution is 2.35. The Bertz CT molecular complexity index is 1450. The van der Waals surface area contributed by atoms with E-state index in [9.17, 15) is 19.4 Å². The van der Waals surface area contributed by atoms with Crippen LogP contribution >= 0.6 is 0 Å². The molecule has 0 saturated heterocycles. The smallest absolute Gasteiger partial charge is 0.228 e. The van der Waals surface area contributed by atoms with Crippen molar-refractivity contribution in [1.29, 1.82) is 0 Å². The second-order valence-corrected chi connectivity index (χ2v) is 11.1. The lowest BCUT2D eigenvalue weighted by molar-refractivity contribution is -0.139. The van der Waals surface area contributed by atoms with Crippen LogP contribution in [0.3, 0.4) is 0 Å². The number of rotatable bonds is 14. The summed E-state index contributed by atoms with van der Waals surface area (Å²) in [5, 5.41) is 25.8. The molecule has 0 radical (unpaired) electrons. The van der Waals surface area contributed by atoms with Gasteiger partial charge in [-0.3, -0.25) is 4.79 Å². The Balaban J connectivity index is 1.70. The number of hydrogen-bond acceptors (Lipinski definition) is 6. The van der Waals surface area contributed by atoms with E-state index in [-0.39, 0.29) is 18.1 Å². The Morgan fingerprint density at radius 3 is 2.07 bits per heavy atom. The van der Waals surface area contributed by atoms with Gasteiger partial charge in [-0.1, -0.05) is 66.7 Å². The Morgan fingerprint density at radius 2 is 1.48 bits per heavy atom. The summed E-state index contributed by atoms with van der Waals surface area (Å²) in [6.45, 7) is 2.23. The maximum Gasteiger partial charge on any atom is 0.228 e. The van der Waals surface area contributed by atoms with Gasteiger partial charge in [-0.15, -0.1) is 0 Å². The highest BCUT2D eigenvalue weighted by molar-refractivity contribution is 5.80. The van der Waals surface area contributed by atoms with Gasteiger partial charge >= 0.3 is 0 Å². The van der Waals surface area contributed by atoms with Gasteiger partial charge in [0.2, 0.25) is 5.91 Å². The first-order chi connectivity index (χ1) is 21.2. The molecule has 0 spiro atoms. The van der Waals surface area contributed by atoms with Gasteiger partial charge in [-0.25, -0.2) is 4.39 Å². The van der Waals surface area contributed by atoms with E-state index in [2.05, 4.69) is 5.32 Å². The van der Waals surface area contributed by atoms with Crippen molar-refractivity contribution in [2.24, 2.45) is 11.7 Å². The predicted molar refractivity (Wildman–Crippen MR) is 171 cm³/mol. The number of aliphatic hydroxyl groups is 2. The van der Waals surface area contributed by atoms with Crippen molar-refractivity contribution in [2.45, 2.75) is 50.6 Å². The Labute approximate surface area is 259 Å². The molecule has 4 aromatic carbocycles. The van der Waals surface area contributed by atoms with Crippen LogP contribution < -0.4 is 15.8 Å². The summed E-state index contributed by atoms with van der Waals surface area (Å²) in [5.41, 5.74) is 9.74. The van der Waals surface area contributed by atoms with E-state index in [4.69, 9.17) is 10.5 Å². The van der Waals surface area contributed by atoms with E-state index in [1.165, 1.54) is 12.1 Å². The summed E-state index contributed by atoms with van der Waals surface area (Å²) in [6.07, 6.45) is -1.23. The predicted octanol–water partition coefficient (Wildman–Crippen LogP) is 6.16. The zero-order valence-electron chi connectivity index (χ0n) is 25.4. The minimum atomic E-state index is -0.899. The van der Waals surface area contributed by atoms with Crippen LogP contribution in [0.5, 0.6) is 5.75 Å². The lowest BCUT2D eigenvalue weighted by Gasteiger charge is -2.36. The van der Waals surface area contributed by atoms with Crippen molar-refractivity contribution >= 4 is 11.6 Å². The number of aliphatic hydroxyl groups excluding tert-OH is 2. The van der Waals surface area contributed by atoms with E-state index in [1.54, 1.807) is 31.2 Å². The van der Waals surface area contributed by atoms with Gasteiger partial charge < -0.3 is 30.9 Å². The minimum absolute atomic E-state index is 0.189. The lowest BCUT2D eigenvalue weighted by atomic mass is 9.85. The van der Waals surface area contributed by atoms with Crippen molar-refractivity contribution in [2.75, 3.05) is 19.5 Å². The molecule has 5 atom stereocenters. The molecule has 0 aliphatic heterocycles. The zero-order valence-corrected chi connectivity index (χ0v) is 25.4. The molecular weight excluding hydrogens is 557 g/mol. The first kappa shape index (κ1) is 32.7. The summed E-state index contributed by atoms with van der Waals surface area (Å²) >= 11 is 0. The van der Waals surface area contributed by atoms with Crippen LogP contribution in [0.15, 0.2) is 103 Å². The zero-order chi connectivity index (χ0) is 31.6. The molecule has 4 rings (SSSR count). The van der Waals surface area contributed by atoms with E-state index in [0.717, 1.165) is 16.8 Å². The third-order valence-electron chi connectivity index (χ3n) is 8.27. The molecule has 0 aliphatic carbocycles. The molecule has 1 unspecified atom stereocenters. The highest BCUT2D eigenvalue weighted by atomic mass is 19.1. The van der Waals surface area contributed by atoms with Gasteiger partial charge in [0.1, 0.15) is 11.6 Å². The number of nitrogens with two attached hydrogens (primary N) is 1. The molecule has 0 bridgehead atoms. The average molecular weight is 600 g/mol. The Hall–Kier alpha value is -4.24. The van der Waals surface area contributed by atoms with Crippen LogP contribution in [0.25, 0.3) is 0 Å². The lowest BCUT2D eigenvalue weighted by Crippen LogP contribution is -2.45. The van der Waals surface area contributed by atoms with E-state index in [0.29, 0.717) is 29.8 Å². The van der Waals surface area contributed by atoms with Crippen LogP contribution in [0, 0.1) is 11.7 Å². The fourth-order valence-electron chi connectivity index (χ4n) is 5.37. The summed E-state index contributed by atoms with van der Waals surface area (Å²) in [5.74, 6) is -0.536. The fraction of sp³-hybridized carbons (Fsp3) is 0.306. The van der Waals surface area contributed by atoms with Gasteiger partial charge in [0.15, 0.2) is 0 Å². The molecule has 0 heterocycles. The second kappa shape index (κ2) is 15.5. The number of nitrogens with one attached hydrogen (secondary N) is 1. The number of nitrogens with zero attached hydrogens (tertiary/aromatic N) is 1. The molecule has 0 fully saturated rings. The summed E-state index contributed by atoms with van der Waals surface area (Å²) in [7, 11) is 3.30. The molecule has 8 heteroatoms. The van der Waals surface area contributed by atoms with Crippen LogP contribution in [-0.2, 0) is 11.3 Å². The first-order valence-electron chi connectivity index (χ1n) is 14.8. The average Bonchev–Trinajstić information content (AvgIpc) is 3.07. The molecule has 232 valence electrons. The number of ether oxygens (including phenoxy) is 1. The van der Waals surface area contributed by atoms with Crippen LogP contribution in [0.2, 0.25) is 0 Å². The van der Waals surface area contributed by atoms with Crippen LogP contribution in [0.4, 0.5) is 10.1 Å². The Morgan fingerprint density at radius 1 is 0.864 bits per heavy atom. The molecule has 5 N–H and O–H groups in total. The number of halogens is 1. The van der Waals surface area contributed by atoms with Gasteiger partial charge in [0, 0.05) is 19.3 Å². The molecule has 4 aromatic rings. The van der Waals surface area contributed by atoms with Gasteiger partial charge in [-0.2, -0.15) is 0 Å². The molecule has 0 saturated carbocycles. The molecule has 1 amide bonds. The minimum Gasteiger partial charge on any atom is -0.497 e. The number of benzene rings is 4. The maximum atomic E-state index is 14.4. The van der Waals surface area contributed by atoms with Gasteiger partial charge in [0.05, 0.1) is 37.3 Å². The topological polar surface area (TPSA) is 108 Å². The van der Waals surface area contributed by atoms with Gasteiger partial charge in [-0.05, 0) is 78.4 Å². The number of amides is 1. The second-order valence-electron chi connectivity index (χ2n) is 11.1. The molecule has 7 nitrogen and oxygen atoms in total. The number of hydrogen-bond donors (Lipinski definition) is 4. The summed E-state index contributed by atoms with van der Waals surface area (Å²) in [4.78, 5) is 16.0. The van der Waals surface area contributed by atoms with Gasteiger partial charge in [0.25, 0.3) is 0 Å². The summed E-state index contributed by atoms with van der Waals surface area (Å²) < 4.78 is 18.9. The highest BCUT2D eigenvalue weighted by Gasteiger charge is 2.35. The largest absolute Gasteiger partial charge is 0.497 e. The van der Waals surface area contributed by atoms with E-state index >= 15 is 0 Å². The normalized spacial score (nSPS) is 14.6. The van der Waals surface area contributed by atoms with Crippen LogP contribution in [-0.4, -0.2) is 41.2 Å². The number of carbonyl (C=O) groups is 1. The summed E-state index contributed by atoms with van der Waals surface area (Å²) in [6, 6.07) is 29.2. The third-order valence-corrected chi connectivity index (χ3v) is 8.27. The van der Waals surface area contributed by atoms with Crippen LogP contribution in [0.1, 0.15) is 60.3 Å². The molecule has 0 aliphatic rings. The number of likely N-dealkylation sites (N-methyl/N-ethyl adjacent to an activating group) is 1. The number of anilines is 1. The molecule has 44 heavy (non-hydrogen) atoms. The monoisotopic (exact) mass is 599 g/mol. The SMILES string of the molecule is COc1ccc([C@@H](Nc2ccc(CN)cc2)C(CC[C@H](O)c2ccc(F)cc2)C(=O)N(C)[C@@H](C)[C@@H](O)c2ccccc2)cc1. The number of carbonyl (C=O) groups excluding carboxylic acids is 1.